The van der Waals surface area contributed by atoms with Gasteiger partial charge in [-0.1, -0.05) is 33.1 Å². The summed E-state index contributed by atoms with van der Waals surface area (Å²) in [6.07, 6.45) is 5.45. The molecule has 6 nitrogen and oxygen atoms in total. The molecule has 3 aliphatic rings. The molecule has 7 heteroatoms. The van der Waals surface area contributed by atoms with Crippen molar-refractivity contribution in [3.05, 3.63) is 0 Å². The van der Waals surface area contributed by atoms with Gasteiger partial charge in [0.1, 0.15) is 11.3 Å². The van der Waals surface area contributed by atoms with Crippen LogP contribution in [-0.4, -0.2) is 38.6 Å². The Bertz CT molecular complexity index is 678. The summed E-state index contributed by atoms with van der Waals surface area (Å²) in [6, 6.07) is 0. The van der Waals surface area contributed by atoms with Gasteiger partial charge in [0.25, 0.3) is 0 Å². The van der Waals surface area contributed by atoms with Crippen LogP contribution < -0.4 is 4.72 Å². The van der Waals surface area contributed by atoms with E-state index in [2.05, 4.69) is 4.72 Å². The average molecular weight is 371 g/mol. The number of Topliss-reactive ketones (excluding diaryl/α,β-unsaturated/α-hetero) is 1. The van der Waals surface area contributed by atoms with E-state index in [0.717, 1.165) is 25.7 Å². The van der Waals surface area contributed by atoms with E-state index in [9.17, 15) is 18.0 Å². The van der Waals surface area contributed by atoms with Crippen molar-refractivity contribution in [2.24, 2.45) is 16.7 Å². The van der Waals surface area contributed by atoms with Crippen molar-refractivity contribution < 1.29 is 22.7 Å². The highest BCUT2D eigenvalue weighted by atomic mass is 32.2. The van der Waals surface area contributed by atoms with E-state index >= 15 is 0 Å². The maximum Gasteiger partial charge on any atom is 0.327 e. The first-order valence-corrected chi connectivity index (χ1v) is 10.9. The summed E-state index contributed by atoms with van der Waals surface area (Å²) in [5, 5.41) is 0. The number of ether oxygens (including phenoxy) is 1. The Labute approximate surface area is 150 Å². The van der Waals surface area contributed by atoms with Crippen LogP contribution in [0.3, 0.4) is 0 Å². The van der Waals surface area contributed by atoms with Crippen LogP contribution in [0.15, 0.2) is 0 Å². The number of sulfonamides is 1. The summed E-state index contributed by atoms with van der Waals surface area (Å²) in [6.45, 7) is 4.03. The molecular weight excluding hydrogens is 342 g/mol. The summed E-state index contributed by atoms with van der Waals surface area (Å²) in [5.41, 5.74) is -2.31. The van der Waals surface area contributed by atoms with Gasteiger partial charge in [-0.2, -0.15) is 4.72 Å². The van der Waals surface area contributed by atoms with Crippen LogP contribution in [0.1, 0.15) is 65.2 Å². The van der Waals surface area contributed by atoms with Crippen LogP contribution in [0.4, 0.5) is 0 Å². The molecule has 3 saturated carbocycles. The molecule has 0 aromatic carbocycles. The van der Waals surface area contributed by atoms with Gasteiger partial charge >= 0.3 is 5.97 Å². The molecule has 1 N–H and O–H groups in total. The van der Waals surface area contributed by atoms with Crippen molar-refractivity contribution in [3.63, 3.8) is 0 Å². The van der Waals surface area contributed by atoms with Crippen LogP contribution >= 0.6 is 0 Å². The molecule has 0 amide bonds. The lowest BCUT2D eigenvalue weighted by molar-refractivity contribution is -0.149. The molecule has 3 aliphatic carbocycles. The fourth-order valence-electron chi connectivity index (χ4n) is 5.46. The molecule has 0 heterocycles. The summed E-state index contributed by atoms with van der Waals surface area (Å²) >= 11 is 0. The molecule has 3 rings (SSSR count). The molecule has 2 bridgehead atoms. The molecule has 2 atom stereocenters. The van der Waals surface area contributed by atoms with E-state index in [4.69, 9.17) is 4.74 Å². The second kappa shape index (κ2) is 6.05. The third-order valence-electron chi connectivity index (χ3n) is 7.21. The van der Waals surface area contributed by atoms with Crippen LogP contribution in [0.2, 0.25) is 0 Å². The Morgan fingerprint density at radius 1 is 1.20 bits per heavy atom. The first-order chi connectivity index (χ1) is 11.6. The molecule has 142 valence electrons. The number of rotatable bonds is 5. The first kappa shape index (κ1) is 18.8. The van der Waals surface area contributed by atoms with Gasteiger partial charge in [0.05, 0.1) is 12.9 Å². The molecule has 0 aromatic rings. The van der Waals surface area contributed by atoms with Gasteiger partial charge in [0.15, 0.2) is 0 Å². The van der Waals surface area contributed by atoms with Crippen LogP contribution in [0.5, 0.6) is 0 Å². The third-order valence-corrected chi connectivity index (χ3v) is 8.78. The number of hydrogen-bond donors (Lipinski definition) is 1. The fourth-order valence-corrected chi connectivity index (χ4v) is 7.75. The maximum atomic E-state index is 13.0. The Morgan fingerprint density at radius 3 is 2.32 bits per heavy atom. The molecule has 0 aliphatic heterocycles. The number of esters is 1. The van der Waals surface area contributed by atoms with Crippen LogP contribution in [0.25, 0.3) is 0 Å². The van der Waals surface area contributed by atoms with Crippen LogP contribution in [0, 0.1) is 16.7 Å². The van der Waals surface area contributed by atoms with Gasteiger partial charge in [0.2, 0.25) is 10.0 Å². The molecule has 0 unspecified atom stereocenters. The maximum absolute atomic E-state index is 13.0. The van der Waals surface area contributed by atoms with Gasteiger partial charge in [-0.3, -0.25) is 9.59 Å². The van der Waals surface area contributed by atoms with Crippen molar-refractivity contribution in [2.75, 3.05) is 12.9 Å². The summed E-state index contributed by atoms with van der Waals surface area (Å²) in [5.74, 6) is -0.412. The zero-order valence-electron chi connectivity index (χ0n) is 15.4. The van der Waals surface area contributed by atoms with E-state index < -0.39 is 26.9 Å². The quantitative estimate of drug-likeness (QED) is 0.748. The number of fused-ring (bicyclic) bond motifs is 2. The monoisotopic (exact) mass is 371 g/mol. The molecule has 3 fully saturated rings. The Hall–Kier alpha value is -0.950. The van der Waals surface area contributed by atoms with E-state index in [1.807, 2.05) is 13.8 Å². The number of carbonyl (C=O) groups excluding carboxylic acids is 2. The number of nitrogens with one attached hydrogen (secondary N) is 1. The highest BCUT2D eigenvalue weighted by Gasteiger charge is 2.65. The minimum Gasteiger partial charge on any atom is -0.468 e. The van der Waals surface area contributed by atoms with Crippen molar-refractivity contribution in [3.8, 4) is 0 Å². The zero-order valence-corrected chi connectivity index (χ0v) is 16.2. The van der Waals surface area contributed by atoms with Crippen molar-refractivity contribution in [1.82, 2.24) is 4.72 Å². The molecule has 0 radical (unpaired) electrons. The summed E-state index contributed by atoms with van der Waals surface area (Å²) in [7, 11) is -2.51. The van der Waals surface area contributed by atoms with Gasteiger partial charge in [-0.25, -0.2) is 8.42 Å². The smallest absolute Gasteiger partial charge is 0.327 e. The van der Waals surface area contributed by atoms with E-state index in [0.29, 0.717) is 25.7 Å². The van der Waals surface area contributed by atoms with Gasteiger partial charge < -0.3 is 4.74 Å². The van der Waals surface area contributed by atoms with E-state index in [1.54, 1.807) is 0 Å². The highest BCUT2D eigenvalue weighted by Crippen LogP contribution is 2.64. The van der Waals surface area contributed by atoms with Gasteiger partial charge in [0, 0.05) is 11.8 Å². The molecule has 0 aromatic heterocycles. The summed E-state index contributed by atoms with van der Waals surface area (Å²) < 4.78 is 33.6. The fraction of sp³-hybridized carbons (Fsp3) is 0.889. The van der Waals surface area contributed by atoms with Crippen molar-refractivity contribution in [2.45, 2.75) is 70.8 Å². The predicted molar refractivity (Wildman–Crippen MR) is 93.3 cm³/mol. The van der Waals surface area contributed by atoms with Gasteiger partial charge in [-0.05, 0) is 37.0 Å². The molecule has 0 saturated heterocycles. The van der Waals surface area contributed by atoms with Gasteiger partial charge in [-0.15, -0.1) is 0 Å². The Kier molecular flexibility index (Phi) is 4.55. The largest absolute Gasteiger partial charge is 0.468 e. The average Bonchev–Trinajstić information content (AvgIpc) is 2.88. The SMILES string of the molecule is COC(=O)C1(NS(=O)(=O)C[C@@]23CC[C@@H](CC2=O)C3(C)C)CCCCC1. The van der Waals surface area contributed by atoms with Crippen molar-refractivity contribution in [1.29, 1.82) is 0 Å². The second-order valence-electron chi connectivity index (χ2n) is 8.66. The van der Waals surface area contributed by atoms with E-state index in [1.165, 1.54) is 7.11 Å². The molecule has 0 spiro atoms. The number of methoxy groups -OCH3 is 1. The van der Waals surface area contributed by atoms with E-state index in [-0.39, 0.29) is 22.9 Å². The lowest BCUT2D eigenvalue weighted by Gasteiger charge is -2.39. The number of hydrogen-bond acceptors (Lipinski definition) is 5. The van der Waals surface area contributed by atoms with Crippen molar-refractivity contribution >= 4 is 21.8 Å². The summed E-state index contributed by atoms with van der Waals surface area (Å²) in [4.78, 5) is 25.0. The molecule has 25 heavy (non-hydrogen) atoms. The van der Waals surface area contributed by atoms with Crippen LogP contribution in [-0.2, 0) is 24.3 Å². The number of carbonyl (C=O) groups is 2. The number of ketones is 1. The first-order valence-electron chi connectivity index (χ1n) is 9.22. The second-order valence-corrected chi connectivity index (χ2v) is 10.4. The lowest BCUT2D eigenvalue weighted by Crippen LogP contribution is -2.58. The predicted octanol–water partition coefficient (Wildman–Crippen LogP) is 2.18. The lowest BCUT2D eigenvalue weighted by atomic mass is 9.70. The highest BCUT2D eigenvalue weighted by molar-refractivity contribution is 7.89. The molecular formula is C18H29NO5S. The minimum atomic E-state index is -3.80. The Morgan fingerprint density at radius 2 is 1.84 bits per heavy atom. The Balaban J connectivity index is 1.87. The topological polar surface area (TPSA) is 89.5 Å². The third kappa shape index (κ3) is 2.83. The normalized spacial score (nSPS) is 33.4. The zero-order chi connectivity index (χ0) is 18.5. The standard InChI is InChI=1S/C18H29NO5S/c1-16(2)13-7-10-17(16,14(20)11-13)12-25(22,23)19-18(15(21)24-3)8-5-4-6-9-18/h13,19H,4-12H2,1-3H3/t13-,17-/m0/s1. The minimum absolute atomic E-state index is 0.0647.